The van der Waals surface area contributed by atoms with Crippen molar-refractivity contribution in [1.29, 1.82) is 0 Å². The van der Waals surface area contributed by atoms with Gasteiger partial charge in [0.15, 0.2) is 5.89 Å². The van der Waals surface area contributed by atoms with Crippen LogP contribution < -0.4 is 5.32 Å². The van der Waals surface area contributed by atoms with Gasteiger partial charge in [0.2, 0.25) is 0 Å². The maximum absolute atomic E-state index is 8.63. The first-order valence-corrected chi connectivity index (χ1v) is 4.56. The number of rotatable bonds is 6. The van der Waals surface area contributed by atoms with Crippen molar-refractivity contribution < 1.29 is 9.52 Å². The molecule has 1 aromatic rings. The minimum atomic E-state index is 0.0937. The van der Waals surface area contributed by atoms with Crippen LogP contribution in [0.15, 0.2) is 10.6 Å². The Bertz CT molecular complexity index is 235. The van der Waals surface area contributed by atoms with E-state index in [-0.39, 0.29) is 6.61 Å². The maximum Gasteiger partial charge on any atom is 0.196 e. The summed E-state index contributed by atoms with van der Waals surface area (Å²) in [7, 11) is 1.93. The highest BCUT2D eigenvalue weighted by atomic mass is 16.4. The van der Waals surface area contributed by atoms with E-state index in [4.69, 9.17) is 9.52 Å². The number of hydrogen-bond donors (Lipinski definition) is 2. The number of nitrogens with one attached hydrogen (secondary N) is 1. The Morgan fingerprint density at radius 2 is 2.38 bits per heavy atom. The van der Waals surface area contributed by atoms with Crippen LogP contribution in [0.3, 0.4) is 0 Å². The number of aliphatic hydroxyl groups excluding tert-OH is 1. The van der Waals surface area contributed by atoms with Crippen LogP contribution in [0.4, 0.5) is 0 Å². The van der Waals surface area contributed by atoms with Crippen molar-refractivity contribution in [1.82, 2.24) is 10.3 Å². The van der Waals surface area contributed by atoms with E-state index in [2.05, 4.69) is 10.3 Å². The molecule has 0 bridgehead atoms. The third kappa shape index (κ3) is 3.57. The van der Waals surface area contributed by atoms with Crippen LogP contribution in [-0.2, 0) is 12.8 Å². The first-order valence-electron chi connectivity index (χ1n) is 4.56. The van der Waals surface area contributed by atoms with Gasteiger partial charge >= 0.3 is 0 Å². The van der Waals surface area contributed by atoms with Crippen molar-refractivity contribution >= 4 is 0 Å². The van der Waals surface area contributed by atoms with Crippen molar-refractivity contribution in [2.45, 2.75) is 19.3 Å². The maximum atomic E-state index is 8.63. The van der Waals surface area contributed by atoms with Crippen LogP contribution in [0.1, 0.15) is 18.1 Å². The first kappa shape index (κ1) is 10.2. The summed E-state index contributed by atoms with van der Waals surface area (Å²) < 4.78 is 5.37. The average molecular weight is 184 g/mol. The van der Waals surface area contributed by atoms with E-state index >= 15 is 0 Å². The van der Waals surface area contributed by atoms with Gasteiger partial charge in [-0.15, -0.1) is 0 Å². The predicted molar refractivity (Wildman–Crippen MR) is 49.5 cm³/mol. The third-order valence-electron chi connectivity index (χ3n) is 1.78. The van der Waals surface area contributed by atoms with E-state index in [1.165, 1.54) is 0 Å². The van der Waals surface area contributed by atoms with Gasteiger partial charge in [0.05, 0.1) is 12.8 Å². The Balaban J connectivity index is 2.31. The molecular weight excluding hydrogens is 168 g/mol. The second-order valence-corrected chi connectivity index (χ2v) is 2.90. The van der Waals surface area contributed by atoms with Crippen LogP contribution in [0.5, 0.6) is 0 Å². The SMILES string of the molecule is CNCCCc1cnc(CCO)o1. The van der Waals surface area contributed by atoms with E-state index in [1.54, 1.807) is 6.20 Å². The third-order valence-corrected chi connectivity index (χ3v) is 1.78. The Morgan fingerprint density at radius 1 is 1.54 bits per heavy atom. The van der Waals surface area contributed by atoms with E-state index in [9.17, 15) is 0 Å². The molecule has 0 aliphatic rings. The molecule has 4 nitrogen and oxygen atoms in total. The lowest BCUT2D eigenvalue weighted by molar-refractivity contribution is 0.283. The largest absolute Gasteiger partial charge is 0.446 e. The van der Waals surface area contributed by atoms with Gasteiger partial charge in [-0.1, -0.05) is 0 Å². The summed E-state index contributed by atoms with van der Waals surface area (Å²) in [6.07, 6.45) is 4.19. The quantitative estimate of drug-likeness (QED) is 0.627. The zero-order valence-corrected chi connectivity index (χ0v) is 7.92. The molecule has 0 spiro atoms. The van der Waals surface area contributed by atoms with Crippen molar-refractivity contribution in [3.8, 4) is 0 Å². The van der Waals surface area contributed by atoms with Gasteiger partial charge in [-0.25, -0.2) is 4.98 Å². The number of aromatic nitrogens is 1. The molecule has 0 aliphatic carbocycles. The lowest BCUT2D eigenvalue weighted by Crippen LogP contribution is -2.08. The highest BCUT2D eigenvalue weighted by Crippen LogP contribution is 2.06. The standard InChI is InChI=1S/C9H16N2O2/c1-10-5-2-3-8-7-11-9(13-8)4-6-12/h7,10,12H,2-6H2,1H3. The molecule has 74 valence electrons. The van der Waals surface area contributed by atoms with Crippen LogP contribution in [0.2, 0.25) is 0 Å². The fourth-order valence-corrected chi connectivity index (χ4v) is 1.11. The van der Waals surface area contributed by atoms with Gasteiger partial charge < -0.3 is 14.8 Å². The topological polar surface area (TPSA) is 58.3 Å². The minimum Gasteiger partial charge on any atom is -0.446 e. The normalized spacial score (nSPS) is 10.6. The summed E-state index contributed by atoms with van der Waals surface area (Å²) in [4.78, 5) is 4.04. The van der Waals surface area contributed by atoms with Crippen LogP contribution in [0, 0.1) is 0 Å². The zero-order valence-electron chi connectivity index (χ0n) is 7.92. The Labute approximate surface area is 78.0 Å². The number of hydrogen-bond acceptors (Lipinski definition) is 4. The zero-order chi connectivity index (χ0) is 9.52. The highest BCUT2D eigenvalue weighted by molar-refractivity contribution is 4.94. The van der Waals surface area contributed by atoms with Gasteiger partial charge in [-0.2, -0.15) is 0 Å². The smallest absolute Gasteiger partial charge is 0.196 e. The van der Waals surface area contributed by atoms with Gasteiger partial charge in [0.25, 0.3) is 0 Å². The van der Waals surface area contributed by atoms with E-state index in [0.717, 1.165) is 25.1 Å². The summed E-state index contributed by atoms with van der Waals surface area (Å²) in [5, 5.41) is 11.7. The molecule has 0 saturated heterocycles. The monoisotopic (exact) mass is 184 g/mol. The average Bonchev–Trinajstić information content (AvgIpc) is 2.54. The molecule has 2 N–H and O–H groups in total. The molecule has 0 atom stereocenters. The van der Waals surface area contributed by atoms with Gasteiger partial charge in [0, 0.05) is 12.8 Å². The van der Waals surface area contributed by atoms with Gasteiger partial charge in [-0.3, -0.25) is 0 Å². The van der Waals surface area contributed by atoms with Crippen LogP contribution >= 0.6 is 0 Å². The Hall–Kier alpha value is -0.870. The summed E-state index contributed by atoms with van der Waals surface area (Å²) in [5.41, 5.74) is 0. The number of nitrogens with zero attached hydrogens (tertiary/aromatic N) is 1. The number of aryl methyl sites for hydroxylation is 1. The lowest BCUT2D eigenvalue weighted by atomic mass is 10.3. The second-order valence-electron chi connectivity index (χ2n) is 2.90. The second kappa shape index (κ2) is 5.72. The van der Waals surface area contributed by atoms with Crippen LogP contribution in [-0.4, -0.2) is 30.3 Å². The Morgan fingerprint density at radius 3 is 3.08 bits per heavy atom. The molecule has 0 fully saturated rings. The molecule has 1 rings (SSSR count). The molecule has 13 heavy (non-hydrogen) atoms. The van der Waals surface area contributed by atoms with Crippen molar-refractivity contribution in [3.05, 3.63) is 17.8 Å². The lowest BCUT2D eigenvalue weighted by Gasteiger charge is -1.95. The molecule has 0 aliphatic heterocycles. The molecule has 0 unspecified atom stereocenters. The summed E-state index contributed by atoms with van der Waals surface area (Å²) >= 11 is 0. The van der Waals surface area contributed by atoms with Crippen LogP contribution in [0.25, 0.3) is 0 Å². The summed E-state index contributed by atoms with van der Waals surface area (Å²) in [5.74, 6) is 1.53. The van der Waals surface area contributed by atoms with Crippen molar-refractivity contribution in [3.63, 3.8) is 0 Å². The minimum absolute atomic E-state index is 0.0937. The molecule has 1 heterocycles. The van der Waals surface area contributed by atoms with Crippen molar-refractivity contribution in [2.24, 2.45) is 0 Å². The van der Waals surface area contributed by atoms with E-state index < -0.39 is 0 Å². The molecule has 1 aromatic heterocycles. The summed E-state index contributed by atoms with van der Waals surface area (Å²) in [6.45, 7) is 1.08. The fourth-order valence-electron chi connectivity index (χ4n) is 1.11. The number of oxazole rings is 1. The van der Waals surface area contributed by atoms with E-state index in [0.29, 0.717) is 12.3 Å². The predicted octanol–water partition coefficient (Wildman–Crippen LogP) is 0.361. The molecule has 0 saturated carbocycles. The fraction of sp³-hybridized carbons (Fsp3) is 0.667. The molecule has 0 aromatic carbocycles. The molecular formula is C9H16N2O2. The summed E-state index contributed by atoms with van der Waals surface area (Å²) in [6, 6.07) is 0. The number of aliphatic hydroxyl groups is 1. The van der Waals surface area contributed by atoms with Gasteiger partial charge in [0.1, 0.15) is 5.76 Å². The molecule has 0 amide bonds. The molecule has 0 radical (unpaired) electrons. The van der Waals surface area contributed by atoms with E-state index in [1.807, 2.05) is 7.05 Å². The van der Waals surface area contributed by atoms with Gasteiger partial charge in [-0.05, 0) is 20.0 Å². The van der Waals surface area contributed by atoms with Crippen molar-refractivity contribution in [2.75, 3.05) is 20.2 Å². The highest BCUT2D eigenvalue weighted by Gasteiger charge is 2.02. The first-order chi connectivity index (χ1) is 6.36. The Kier molecular flexibility index (Phi) is 4.49. The molecule has 4 heteroatoms.